The highest BCUT2D eigenvalue weighted by atomic mass is 16.1. The number of amides is 1. The van der Waals surface area contributed by atoms with Crippen molar-refractivity contribution < 1.29 is 4.79 Å². The van der Waals surface area contributed by atoms with E-state index in [2.05, 4.69) is 36.4 Å². The van der Waals surface area contributed by atoms with Crippen molar-refractivity contribution in [1.29, 1.82) is 0 Å². The highest BCUT2D eigenvalue weighted by Crippen LogP contribution is 2.20. The van der Waals surface area contributed by atoms with Gasteiger partial charge in [0, 0.05) is 6.54 Å². The third kappa shape index (κ3) is 5.77. The lowest BCUT2D eigenvalue weighted by atomic mass is 9.91. The van der Waals surface area contributed by atoms with Crippen LogP contribution in [-0.4, -0.2) is 27.4 Å². The maximum absolute atomic E-state index is 11.0. The molecule has 0 fully saturated rings. The van der Waals surface area contributed by atoms with E-state index in [-0.39, 0.29) is 12.5 Å². The van der Waals surface area contributed by atoms with Crippen molar-refractivity contribution in [2.24, 2.45) is 11.1 Å². The summed E-state index contributed by atoms with van der Waals surface area (Å²) in [5.74, 6) is -0.183. The molecule has 6 heteroatoms. The van der Waals surface area contributed by atoms with Crippen molar-refractivity contribution in [1.82, 2.24) is 20.3 Å². The van der Waals surface area contributed by atoms with Crippen molar-refractivity contribution >= 4 is 5.91 Å². The first-order valence-electron chi connectivity index (χ1n) is 6.26. The molecule has 0 bridgehead atoms. The van der Waals surface area contributed by atoms with Gasteiger partial charge in [0.05, 0.1) is 19.3 Å². The zero-order chi connectivity index (χ0) is 13.6. The van der Waals surface area contributed by atoms with Crippen LogP contribution in [0.3, 0.4) is 0 Å². The number of carbonyl (C=O) groups is 1. The van der Waals surface area contributed by atoms with Gasteiger partial charge in [-0.25, -0.2) is 0 Å². The van der Waals surface area contributed by atoms with Crippen LogP contribution >= 0.6 is 0 Å². The summed E-state index contributed by atoms with van der Waals surface area (Å²) in [7, 11) is 0. The van der Waals surface area contributed by atoms with Crippen LogP contribution in [0.25, 0.3) is 0 Å². The first kappa shape index (κ1) is 14.6. The van der Waals surface area contributed by atoms with Crippen molar-refractivity contribution in [2.75, 3.05) is 6.54 Å². The fourth-order valence-electron chi connectivity index (χ4n) is 1.56. The Bertz CT molecular complexity index is 380. The van der Waals surface area contributed by atoms with E-state index in [4.69, 9.17) is 5.73 Å². The van der Waals surface area contributed by atoms with E-state index in [1.54, 1.807) is 0 Å². The van der Waals surface area contributed by atoms with E-state index in [1.807, 2.05) is 10.9 Å². The summed E-state index contributed by atoms with van der Waals surface area (Å²) in [6.07, 6.45) is 4.08. The molecule has 0 unspecified atom stereocenters. The molecule has 0 atom stereocenters. The molecule has 1 heterocycles. The number of carbonyl (C=O) groups excluding carboxylic acids is 1. The molecular weight excluding hydrogens is 230 g/mol. The minimum atomic E-state index is -0.183. The maximum atomic E-state index is 11.0. The van der Waals surface area contributed by atoms with Gasteiger partial charge in [-0.15, -0.1) is 5.10 Å². The second-order valence-corrected chi connectivity index (χ2v) is 5.62. The van der Waals surface area contributed by atoms with Crippen LogP contribution in [-0.2, 0) is 17.9 Å². The van der Waals surface area contributed by atoms with Gasteiger partial charge in [0.15, 0.2) is 0 Å². The van der Waals surface area contributed by atoms with Gasteiger partial charge in [-0.2, -0.15) is 0 Å². The number of nitrogens with zero attached hydrogens (tertiary/aromatic N) is 3. The van der Waals surface area contributed by atoms with E-state index in [0.29, 0.717) is 12.0 Å². The molecule has 0 aromatic carbocycles. The first-order valence-corrected chi connectivity index (χ1v) is 6.26. The molecular formula is C12H23N5O. The Morgan fingerprint density at radius 3 is 2.83 bits per heavy atom. The average molecular weight is 253 g/mol. The molecule has 0 saturated heterocycles. The SMILES string of the molecule is CC(C)(C)CCCn1cc(CNC(=O)CN)nn1. The Morgan fingerprint density at radius 2 is 2.22 bits per heavy atom. The van der Waals surface area contributed by atoms with Gasteiger partial charge in [-0.1, -0.05) is 26.0 Å². The summed E-state index contributed by atoms with van der Waals surface area (Å²) in [5.41, 5.74) is 6.30. The van der Waals surface area contributed by atoms with Crippen LogP contribution in [0.1, 0.15) is 39.3 Å². The van der Waals surface area contributed by atoms with Crippen LogP contribution in [0.4, 0.5) is 0 Å². The third-order valence-electron chi connectivity index (χ3n) is 2.55. The Balaban J connectivity index is 2.32. The van der Waals surface area contributed by atoms with E-state index in [9.17, 15) is 4.79 Å². The first-order chi connectivity index (χ1) is 8.40. The van der Waals surface area contributed by atoms with Gasteiger partial charge in [-0.3, -0.25) is 9.48 Å². The lowest BCUT2D eigenvalue weighted by molar-refractivity contribution is -0.119. The maximum Gasteiger partial charge on any atom is 0.234 e. The number of nitrogens with two attached hydrogens (primary N) is 1. The van der Waals surface area contributed by atoms with E-state index >= 15 is 0 Å². The molecule has 6 nitrogen and oxygen atoms in total. The van der Waals surface area contributed by atoms with Gasteiger partial charge in [-0.05, 0) is 18.3 Å². The topological polar surface area (TPSA) is 85.8 Å². The van der Waals surface area contributed by atoms with Crippen molar-refractivity contribution in [3.8, 4) is 0 Å². The Labute approximate surface area is 108 Å². The van der Waals surface area contributed by atoms with Crippen LogP contribution in [0, 0.1) is 5.41 Å². The summed E-state index contributed by atoms with van der Waals surface area (Å²) in [5, 5.41) is 10.7. The molecule has 1 amide bonds. The predicted octanol–water partition coefficient (Wildman–Crippen LogP) is 0.679. The summed E-state index contributed by atoms with van der Waals surface area (Å²) in [6, 6.07) is 0. The number of hydrogen-bond acceptors (Lipinski definition) is 4. The zero-order valence-corrected chi connectivity index (χ0v) is 11.4. The monoisotopic (exact) mass is 253 g/mol. The highest BCUT2D eigenvalue weighted by molar-refractivity contribution is 5.77. The number of aromatic nitrogens is 3. The molecule has 0 aliphatic heterocycles. The second kappa shape index (κ2) is 6.49. The van der Waals surface area contributed by atoms with Gasteiger partial charge >= 0.3 is 0 Å². The largest absolute Gasteiger partial charge is 0.349 e. The van der Waals surface area contributed by atoms with Gasteiger partial charge < -0.3 is 11.1 Å². The zero-order valence-electron chi connectivity index (χ0n) is 11.4. The lowest BCUT2D eigenvalue weighted by Crippen LogP contribution is -2.29. The number of rotatable bonds is 6. The van der Waals surface area contributed by atoms with Crippen LogP contribution in [0.5, 0.6) is 0 Å². The number of hydrogen-bond donors (Lipinski definition) is 2. The molecule has 0 radical (unpaired) electrons. The van der Waals surface area contributed by atoms with E-state index < -0.39 is 0 Å². The summed E-state index contributed by atoms with van der Waals surface area (Å²) < 4.78 is 1.82. The molecule has 102 valence electrons. The minimum absolute atomic E-state index is 0.000278. The van der Waals surface area contributed by atoms with Crippen molar-refractivity contribution in [3.63, 3.8) is 0 Å². The molecule has 1 aromatic rings. The summed E-state index contributed by atoms with van der Waals surface area (Å²) in [4.78, 5) is 11.0. The normalized spacial score (nSPS) is 11.6. The van der Waals surface area contributed by atoms with Crippen molar-refractivity contribution in [3.05, 3.63) is 11.9 Å². The van der Waals surface area contributed by atoms with Crippen molar-refractivity contribution in [2.45, 2.75) is 46.7 Å². The summed E-state index contributed by atoms with van der Waals surface area (Å²) in [6.45, 7) is 7.91. The third-order valence-corrected chi connectivity index (χ3v) is 2.55. The lowest BCUT2D eigenvalue weighted by Gasteiger charge is -2.17. The Morgan fingerprint density at radius 1 is 1.50 bits per heavy atom. The molecule has 0 spiro atoms. The van der Waals surface area contributed by atoms with Crippen LogP contribution < -0.4 is 11.1 Å². The minimum Gasteiger partial charge on any atom is -0.349 e. The molecule has 3 N–H and O–H groups in total. The predicted molar refractivity (Wildman–Crippen MR) is 69.6 cm³/mol. The van der Waals surface area contributed by atoms with Gasteiger partial charge in [0.25, 0.3) is 0 Å². The smallest absolute Gasteiger partial charge is 0.234 e. The van der Waals surface area contributed by atoms with Gasteiger partial charge in [0.1, 0.15) is 5.69 Å². The fraction of sp³-hybridized carbons (Fsp3) is 0.750. The summed E-state index contributed by atoms with van der Waals surface area (Å²) >= 11 is 0. The quantitative estimate of drug-likeness (QED) is 0.780. The number of aryl methyl sites for hydroxylation is 1. The molecule has 1 rings (SSSR count). The molecule has 18 heavy (non-hydrogen) atoms. The molecule has 0 saturated carbocycles. The van der Waals surface area contributed by atoms with Crippen LogP contribution in [0.15, 0.2) is 6.20 Å². The number of nitrogens with one attached hydrogen (secondary N) is 1. The fourth-order valence-corrected chi connectivity index (χ4v) is 1.56. The van der Waals surface area contributed by atoms with E-state index in [0.717, 1.165) is 25.1 Å². The van der Waals surface area contributed by atoms with Gasteiger partial charge in [0.2, 0.25) is 5.91 Å². The Hall–Kier alpha value is -1.43. The molecule has 0 aliphatic carbocycles. The average Bonchev–Trinajstić information content (AvgIpc) is 2.72. The van der Waals surface area contributed by atoms with Crippen LogP contribution in [0.2, 0.25) is 0 Å². The Kier molecular flexibility index (Phi) is 5.27. The van der Waals surface area contributed by atoms with E-state index in [1.165, 1.54) is 0 Å². The second-order valence-electron chi connectivity index (χ2n) is 5.62. The standard InChI is InChI=1S/C12H23N5O/c1-12(2,3)5-4-6-17-9-10(15-16-17)8-14-11(18)7-13/h9H,4-8,13H2,1-3H3,(H,14,18). The molecule has 1 aromatic heterocycles. The molecule has 0 aliphatic rings. The highest BCUT2D eigenvalue weighted by Gasteiger charge is 2.10.